The molecule has 3 nitrogen and oxygen atoms in total. The number of hydrogen-bond acceptors (Lipinski definition) is 3. The van der Waals surface area contributed by atoms with E-state index < -0.39 is 0 Å². The number of aldehydes is 1. The Morgan fingerprint density at radius 3 is 3.31 bits per heavy atom. The van der Waals surface area contributed by atoms with Crippen molar-refractivity contribution >= 4 is 6.29 Å². The molecule has 2 aliphatic rings. The molecular weight excluding hydrogens is 164 g/mol. The summed E-state index contributed by atoms with van der Waals surface area (Å²) in [5, 5.41) is 3.22. The lowest BCUT2D eigenvalue weighted by atomic mass is 10.0. The third-order valence-corrected chi connectivity index (χ3v) is 2.57. The first-order valence-electron chi connectivity index (χ1n) is 4.60. The van der Waals surface area contributed by atoms with Gasteiger partial charge in [-0.15, -0.1) is 0 Å². The number of hydrogen-bond donors (Lipinski definition) is 1. The number of nitrogens with zero attached hydrogens (tertiary/aromatic N) is 1. The van der Waals surface area contributed by atoms with Crippen LogP contribution in [-0.4, -0.2) is 37.4 Å². The van der Waals surface area contributed by atoms with E-state index in [-0.39, 0.29) is 6.04 Å². The molecule has 0 aromatic carbocycles. The molecule has 2 aliphatic heterocycles. The lowest BCUT2D eigenvalue weighted by Crippen LogP contribution is -2.40. The minimum Gasteiger partial charge on any atom is -0.374 e. The molecule has 1 unspecified atom stereocenters. The maximum atomic E-state index is 10.6. The van der Waals surface area contributed by atoms with Crippen LogP contribution in [0.2, 0.25) is 0 Å². The number of likely N-dealkylation sites (N-methyl/N-ethyl adjacent to an activating group) is 1. The third kappa shape index (κ3) is 1.65. The fraction of sp³-hybridized carbons (Fsp3) is 0.500. The zero-order chi connectivity index (χ0) is 9.26. The van der Waals surface area contributed by atoms with Crippen molar-refractivity contribution in [3.8, 4) is 0 Å². The average molecular weight is 178 g/mol. The van der Waals surface area contributed by atoms with E-state index >= 15 is 0 Å². The molecule has 3 heteroatoms. The number of dihydropyridines is 1. The predicted molar refractivity (Wildman–Crippen MR) is 51.3 cm³/mol. The number of carbonyl (C=O) groups is 1. The molecule has 2 heterocycles. The first-order chi connectivity index (χ1) is 6.29. The fourth-order valence-corrected chi connectivity index (χ4v) is 1.78. The summed E-state index contributed by atoms with van der Waals surface area (Å²) in [5.41, 5.74) is 2.57. The molecule has 70 valence electrons. The molecule has 0 saturated heterocycles. The van der Waals surface area contributed by atoms with Crippen LogP contribution in [0.25, 0.3) is 0 Å². The highest BCUT2D eigenvalue weighted by Gasteiger charge is 2.19. The SMILES string of the molecule is CN1CCC2=C(C1)NC(C=O)C=C2. The van der Waals surface area contributed by atoms with Gasteiger partial charge in [-0.1, -0.05) is 12.2 Å². The molecule has 0 fully saturated rings. The molecule has 0 radical (unpaired) electrons. The van der Waals surface area contributed by atoms with Crippen molar-refractivity contribution < 1.29 is 4.79 Å². The van der Waals surface area contributed by atoms with Gasteiger partial charge in [0.25, 0.3) is 0 Å². The van der Waals surface area contributed by atoms with E-state index in [1.165, 1.54) is 11.3 Å². The van der Waals surface area contributed by atoms with E-state index in [1.807, 2.05) is 6.08 Å². The predicted octanol–water partition coefficient (Wildman–Crippen LogP) is 0.303. The third-order valence-electron chi connectivity index (χ3n) is 2.57. The van der Waals surface area contributed by atoms with Crippen molar-refractivity contribution in [2.24, 2.45) is 0 Å². The summed E-state index contributed by atoms with van der Waals surface area (Å²) in [7, 11) is 2.10. The summed E-state index contributed by atoms with van der Waals surface area (Å²) in [6.45, 7) is 2.04. The maximum absolute atomic E-state index is 10.6. The minimum absolute atomic E-state index is 0.120. The number of rotatable bonds is 1. The summed E-state index contributed by atoms with van der Waals surface area (Å²) in [6, 6.07) is -0.120. The highest BCUT2D eigenvalue weighted by atomic mass is 16.1. The van der Waals surface area contributed by atoms with Crippen molar-refractivity contribution in [1.82, 2.24) is 10.2 Å². The average Bonchev–Trinajstić information content (AvgIpc) is 2.16. The van der Waals surface area contributed by atoms with Gasteiger partial charge in [0.1, 0.15) is 12.3 Å². The van der Waals surface area contributed by atoms with Crippen molar-refractivity contribution in [1.29, 1.82) is 0 Å². The van der Waals surface area contributed by atoms with Crippen LogP contribution >= 0.6 is 0 Å². The zero-order valence-corrected chi connectivity index (χ0v) is 7.79. The Balaban J connectivity index is 2.16. The van der Waals surface area contributed by atoms with Crippen LogP contribution in [0.5, 0.6) is 0 Å². The summed E-state index contributed by atoms with van der Waals surface area (Å²) < 4.78 is 0. The molecule has 0 spiro atoms. The van der Waals surface area contributed by atoms with E-state index in [2.05, 4.69) is 23.3 Å². The molecular formula is C10H14N2O. The molecule has 0 aromatic rings. The molecule has 0 saturated carbocycles. The van der Waals surface area contributed by atoms with Crippen LogP contribution in [-0.2, 0) is 4.79 Å². The first-order valence-corrected chi connectivity index (χ1v) is 4.60. The summed E-state index contributed by atoms with van der Waals surface area (Å²) in [5.74, 6) is 0. The minimum atomic E-state index is -0.120. The molecule has 0 bridgehead atoms. The Kier molecular flexibility index (Phi) is 2.19. The number of nitrogens with one attached hydrogen (secondary N) is 1. The van der Waals surface area contributed by atoms with Crippen LogP contribution < -0.4 is 5.32 Å². The Labute approximate surface area is 78.1 Å². The van der Waals surface area contributed by atoms with E-state index in [9.17, 15) is 4.79 Å². The lowest BCUT2D eigenvalue weighted by Gasteiger charge is -2.30. The van der Waals surface area contributed by atoms with Crippen LogP contribution in [0.1, 0.15) is 6.42 Å². The summed E-state index contributed by atoms with van der Waals surface area (Å²) >= 11 is 0. The van der Waals surface area contributed by atoms with Gasteiger partial charge in [0, 0.05) is 18.8 Å². The normalized spacial score (nSPS) is 28.2. The van der Waals surface area contributed by atoms with E-state index in [4.69, 9.17) is 0 Å². The van der Waals surface area contributed by atoms with Gasteiger partial charge in [0.05, 0.1) is 0 Å². The molecule has 2 rings (SSSR count). The number of carbonyl (C=O) groups excluding carboxylic acids is 1. The van der Waals surface area contributed by atoms with Crippen LogP contribution in [0.4, 0.5) is 0 Å². The van der Waals surface area contributed by atoms with Gasteiger partial charge in [0.15, 0.2) is 0 Å². The first kappa shape index (κ1) is 8.51. The van der Waals surface area contributed by atoms with Gasteiger partial charge < -0.3 is 15.0 Å². The van der Waals surface area contributed by atoms with E-state index in [0.717, 1.165) is 25.8 Å². The second kappa shape index (κ2) is 3.34. The van der Waals surface area contributed by atoms with Crippen molar-refractivity contribution in [3.63, 3.8) is 0 Å². The molecule has 0 aromatic heterocycles. The maximum Gasteiger partial charge on any atom is 0.146 e. The van der Waals surface area contributed by atoms with Crippen molar-refractivity contribution in [3.05, 3.63) is 23.4 Å². The van der Waals surface area contributed by atoms with E-state index in [0.29, 0.717) is 0 Å². The van der Waals surface area contributed by atoms with Crippen molar-refractivity contribution in [2.75, 3.05) is 20.1 Å². The Bertz CT molecular complexity index is 281. The van der Waals surface area contributed by atoms with Gasteiger partial charge in [-0.3, -0.25) is 0 Å². The highest BCUT2D eigenvalue weighted by molar-refractivity contribution is 5.63. The molecule has 1 N–H and O–H groups in total. The van der Waals surface area contributed by atoms with Gasteiger partial charge >= 0.3 is 0 Å². The molecule has 0 amide bonds. The molecule has 1 atom stereocenters. The largest absolute Gasteiger partial charge is 0.374 e. The Morgan fingerprint density at radius 1 is 1.69 bits per heavy atom. The smallest absolute Gasteiger partial charge is 0.146 e. The van der Waals surface area contributed by atoms with Gasteiger partial charge in [-0.05, 0) is 19.0 Å². The quantitative estimate of drug-likeness (QED) is 0.586. The Hall–Kier alpha value is -1.09. The summed E-state index contributed by atoms with van der Waals surface area (Å²) in [6.07, 6.45) is 6.03. The van der Waals surface area contributed by atoms with Crippen LogP contribution in [0, 0.1) is 0 Å². The lowest BCUT2D eigenvalue weighted by molar-refractivity contribution is -0.108. The van der Waals surface area contributed by atoms with Gasteiger partial charge in [-0.2, -0.15) is 0 Å². The topological polar surface area (TPSA) is 32.3 Å². The molecule has 0 aliphatic carbocycles. The second-order valence-corrected chi connectivity index (χ2v) is 3.66. The molecule has 13 heavy (non-hydrogen) atoms. The van der Waals surface area contributed by atoms with Crippen LogP contribution in [0.15, 0.2) is 23.4 Å². The van der Waals surface area contributed by atoms with Gasteiger partial charge in [0.2, 0.25) is 0 Å². The standard InChI is InChI=1S/C10H14N2O/c1-12-5-4-8-2-3-9(7-13)11-10(8)6-12/h2-3,7,9,11H,4-6H2,1H3. The monoisotopic (exact) mass is 178 g/mol. The number of allylic oxidation sites excluding steroid dienone is 1. The van der Waals surface area contributed by atoms with E-state index in [1.54, 1.807) is 0 Å². The summed E-state index contributed by atoms with van der Waals surface area (Å²) in [4.78, 5) is 12.8. The zero-order valence-electron chi connectivity index (χ0n) is 7.79. The Morgan fingerprint density at radius 2 is 2.54 bits per heavy atom. The highest BCUT2D eigenvalue weighted by Crippen LogP contribution is 2.19. The van der Waals surface area contributed by atoms with Crippen LogP contribution in [0.3, 0.4) is 0 Å². The second-order valence-electron chi connectivity index (χ2n) is 3.66. The fourth-order valence-electron chi connectivity index (χ4n) is 1.78. The van der Waals surface area contributed by atoms with Crippen molar-refractivity contribution in [2.45, 2.75) is 12.5 Å². The van der Waals surface area contributed by atoms with Gasteiger partial charge in [-0.25, -0.2) is 0 Å².